The van der Waals surface area contributed by atoms with Crippen molar-refractivity contribution in [2.75, 3.05) is 19.0 Å². The number of carboxylic acid groups (broad SMARTS) is 1. The second kappa shape index (κ2) is 5.87. The molecule has 0 amide bonds. The maximum Gasteiger partial charge on any atom is 0.360 e. The summed E-state index contributed by atoms with van der Waals surface area (Å²) in [6.45, 7) is 3.95. The fraction of sp³-hybridized carbons (Fsp3) is 0.154. The molecule has 7 heteroatoms. The normalized spacial score (nSPS) is 10.1. The molecule has 0 spiro atoms. The Bertz CT molecular complexity index is 636. The van der Waals surface area contributed by atoms with Gasteiger partial charge in [0, 0.05) is 6.54 Å². The number of anilines is 1. The molecule has 104 valence electrons. The van der Waals surface area contributed by atoms with Crippen molar-refractivity contribution < 1.29 is 14.6 Å². The lowest BCUT2D eigenvalue weighted by Gasteiger charge is -2.05. The van der Waals surface area contributed by atoms with E-state index in [-0.39, 0.29) is 11.5 Å². The first-order valence-electron chi connectivity index (χ1n) is 5.86. The summed E-state index contributed by atoms with van der Waals surface area (Å²) in [5, 5.41) is 20.1. The van der Waals surface area contributed by atoms with E-state index in [1.165, 1.54) is 11.9 Å². The van der Waals surface area contributed by atoms with E-state index in [9.17, 15) is 4.79 Å². The van der Waals surface area contributed by atoms with Crippen LogP contribution in [0.25, 0.3) is 5.69 Å². The molecule has 0 aliphatic carbocycles. The summed E-state index contributed by atoms with van der Waals surface area (Å²) in [5.41, 5.74) is 0.405. The Labute approximate surface area is 115 Å². The van der Waals surface area contributed by atoms with Crippen molar-refractivity contribution in [1.29, 1.82) is 0 Å². The minimum Gasteiger partial charge on any atom is -0.494 e. The molecule has 1 aromatic heterocycles. The third kappa shape index (κ3) is 2.61. The maximum absolute atomic E-state index is 11.2. The van der Waals surface area contributed by atoms with Crippen LogP contribution in [0, 0.1) is 0 Å². The van der Waals surface area contributed by atoms with Crippen molar-refractivity contribution in [3.63, 3.8) is 0 Å². The van der Waals surface area contributed by atoms with E-state index in [0.29, 0.717) is 18.0 Å². The number of methoxy groups -OCH3 is 1. The molecule has 0 atom stereocenters. The summed E-state index contributed by atoms with van der Waals surface area (Å²) in [7, 11) is 1.53. The van der Waals surface area contributed by atoms with Crippen LogP contribution < -0.4 is 10.1 Å². The maximum atomic E-state index is 11.2. The van der Waals surface area contributed by atoms with Gasteiger partial charge in [0.1, 0.15) is 11.4 Å². The number of ether oxygens (including phenoxy) is 1. The van der Waals surface area contributed by atoms with Crippen molar-refractivity contribution in [3.8, 4) is 11.4 Å². The van der Waals surface area contributed by atoms with Gasteiger partial charge in [0.15, 0.2) is 5.82 Å². The molecule has 0 saturated heterocycles. The Morgan fingerprint density at radius 3 is 2.90 bits per heavy atom. The zero-order valence-corrected chi connectivity index (χ0v) is 10.9. The molecular formula is C13H14N4O3. The number of aromatic carboxylic acids is 1. The number of nitrogens with one attached hydrogen (secondary N) is 1. The molecule has 0 saturated carbocycles. The van der Waals surface area contributed by atoms with Gasteiger partial charge in [0.2, 0.25) is 5.69 Å². The van der Waals surface area contributed by atoms with Crippen LogP contribution in [0.4, 0.5) is 5.82 Å². The molecule has 2 rings (SSSR count). The van der Waals surface area contributed by atoms with Gasteiger partial charge >= 0.3 is 5.97 Å². The minimum atomic E-state index is -1.15. The molecule has 0 radical (unpaired) electrons. The Kier molecular flexibility index (Phi) is 3.99. The number of carbonyl (C=O) groups is 1. The van der Waals surface area contributed by atoms with Crippen LogP contribution in [0.3, 0.4) is 0 Å². The van der Waals surface area contributed by atoms with E-state index in [1.54, 1.807) is 30.3 Å². The van der Waals surface area contributed by atoms with Crippen molar-refractivity contribution in [2.45, 2.75) is 0 Å². The summed E-state index contributed by atoms with van der Waals surface area (Å²) in [6, 6.07) is 7.08. The van der Waals surface area contributed by atoms with Gasteiger partial charge in [-0.25, -0.2) is 4.79 Å². The van der Waals surface area contributed by atoms with Crippen LogP contribution >= 0.6 is 0 Å². The summed E-state index contributed by atoms with van der Waals surface area (Å²) in [5.74, 6) is -0.421. The second-order valence-corrected chi connectivity index (χ2v) is 3.83. The monoisotopic (exact) mass is 274 g/mol. The molecule has 1 aromatic carbocycles. The first kappa shape index (κ1) is 13.6. The van der Waals surface area contributed by atoms with Crippen LogP contribution in [0.2, 0.25) is 0 Å². The van der Waals surface area contributed by atoms with Crippen LogP contribution in [-0.2, 0) is 0 Å². The van der Waals surface area contributed by atoms with Gasteiger partial charge < -0.3 is 15.2 Å². The zero-order chi connectivity index (χ0) is 14.5. The number of aromatic nitrogens is 3. The van der Waals surface area contributed by atoms with E-state index in [4.69, 9.17) is 9.84 Å². The lowest BCUT2D eigenvalue weighted by molar-refractivity contribution is 0.0691. The van der Waals surface area contributed by atoms with Gasteiger partial charge in [0.05, 0.1) is 7.11 Å². The van der Waals surface area contributed by atoms with Crippen molar-refractivity contribution in [1.82, 2.24) is 15.0 Å². The molecule has 2 N–H and O–H groups in total. The highest BCUT2D eigenvalue weighted by Crippen LogP contribution is 2.22. The van der Waals surface area contributed by atoms with E-state index in [2.05, 4.69) is 22.1 Å². The van der Waals surface area contributed by atoms with Crippen LogP contribution in [0.15, 0.2) is 36.9 Å². The SMILES string of the molecule is C=CCNc1nn(-c2ccccc2OC)nc1C(=O)O. The van der Waals surface area contributed by atoms with Gasteiger partial charge in [-0.2, -0.15) is 0 Å². The fourth-order valence-electron chi connectivity index (χ4n) is 1.64. The molecule has 0 aliphatic rings. The molecule has 1 heterocycles. The predicted octanol–water partition coefficient (Wildman–Crippen LogP) is 1.57. The van der Waals surface area contributed by atoms with Crippen molar-refractivity contribution in [3.05, 3.63) is 42.6 Å². The van der Waals surface area contributed by atoms with Gasteiger partial charge in [0.25, 0.3) is 0 Å². The molecule has 0 unspecified atom stereocenters. The molecular weight excluding hydrogens is 260 g/mol. The second-order valence-electron chi connectivity index (χ2n) is 3.83. The highest BCUT2D eigenvalue weighted by Gasteiger charge is 2.19. The number of para-hydroxylation sites is 2. The molecule has 7 nitrogen and oxygen atoms in total. The number of carboxylic acids is 1. The lowest BCUT2D eigenvalue weighted by atomic mass is 10.3. The van der Waals surface area contributed by atoms with Crippen LogP contribution in [0.1, 0.15) is 10.5 Å². The first-order chi connectivity index (χ1) is 9.67. The van der Waals surface area contributed by atoms with E-state index < -0.39 is 5.97 Å². The van der Waals surface area contributed by atoms with Gasteiger partial charge in [-0.05, 0) is 12.1 Å². The smallest absolute Gasteiger partial charge is 0.360 e. The number of hydrogen-bond acceptors (Lipinski definition) is 5. The number of rotatable bonds is 6. The summed E-state index contributed by atoms with van der Waals surface area (Å²) in [6.07, 6.45) is 1.60. The molecule has 0 bridgehead atoms. The Morgan fingerprint density at radius 2 is 2.25 bits per heavy atom. The van der Waals surface area contributed by atoms with Gasteiger partial charge in [-0.15, -0.1) is 21.6 Å². The summed E-state index contributed by atoms with van der Waals surface area (Å²) < 4.78 is 5.21. The lowest BCUT2D eigenvalue weighted by Crippen LogP contribution is -2.05. The standard InChI is InChI=1S/C13H14N4O3/c1-3-8-14-12-11(13(18)19)15-17(16-12)9-6-4-5-7-10(9)20-2/h3-7H,1,8H2,2H3,(H,14,16)(H,18,19). The Balaban J connectivity index is 2.47. The van der Waals surface area contributed by atoms with Crippen LogP contribution in [-0.4, -0.2) is 39.7 Å². The molecule has 0 fully saturated rings. The quantitative estimate of drug-likeness (QED) is 0.777. The number of nitrogens with zero attached hydrogens (tertiary/aromatic N) is 3. The number of benzene rings is 1. The van der Waals surface area contributed by atoms with Gasteiger partial charge in [-0.1, -0.05) is 18.2 Å². The van der Waals surface area contributed by atoms with E-state index in [0.717, 1.165) is 0 Å². The molecule has 0 aliphatic heterocycles. The predicted molar refractivity (Wildman–Crippen MR) is 73.6 cm³/mol. The number of hydrogen-bond donors (Lipinski definition) is 2. The third-order valence-electron chi connectivity index (χ3n) is 2.53. The van der Waals surface area contributed by atoms with Crippen molar-refractivity contribution in [2.24, 2.45) is 0 Å². The third-order valence-corrected chi connectivity index (χ3v) is 2.53. The topological polar surface area (TPSA) is 89.3 Å². The molecule has 2 aromatic rings. The average Bonchev–Trinajstić information content (AvgIpc) is 2.89. The fourth-order valence-corrected chi connectivity index (χ4v) is 1.64. The Morgan fingerprint density at radius 1 is 1.50 bits per heavy atom. The van der Waals surface area contributed by atoms with E-state index >= 15 is 0 Å². The van der Waals surface area contributed by atoms with E-state index in [1.807, 2.05) is 0 Å². The zero-order valence-electron chi connectivity index (χ0n) is 10.9. The highest BCUT2D eigenvalue weighted by atomic mass is 16.5. The summed E-state index contributed by atoms with van der Waals surface area (Å²) in [4.78, 5) is 12.4. The van der Waals surface area contributed by atoms with Gasteiger partial charge in [-0.3, -0.25) is 0 Å². The minimum absolute atomic E-state index is 0.155. The summed E-state index contributed by atoms with van der Waals surface area (Å²) >= 11 is 0. The molecule has 20 heavy (non-hydrogen) atoms. The van der Waals surface area contributed by atoms with Crippen LogP contribution in [0.5, 0.6) is 5.75 Å². The largest absolute Gasteiger partial charge is 0.494 e. The average molecular weight is 274 g/mol. The Hall–Kier alpha value is -2.83. The van der Waals surface area contributed by atoms with Crippen molar-refractivity contribution >= 4 is 11.8 Å². The highest BCUT2D eigenvalue weighted by molar-refractivity contribution is 5.90. The first-order valence-corrected chi connectivity index (χ1v) is 5.86.